The van der Waals surface area contributed by atoms with Crippen molar-refractivity contribution < 1.29 is 19.5 Å². The van der Waals surface area contributed by atoms with Crippen LogP contribution in [0, 0.1) is 11.8 Å². The van der Waals surface area contributed by atoms with Crippen molar-refractivity contribution in [3.05, 3.63) is 0 Å². The molecular formula is C22H36BrN3O4S. The van der Waals surface area contributed by atoms with Crippen LogP contribution in [-0.4, -0.2) is 74.8 Å². The first-order valence-corrected chi connectivity index (χ1v) is 13.4. The minimum absolute atomic E-state index is 0.00368. The Morgan fingerprint density at radius 2 is 2.00 bits per heavy atom. The van der Waals surface area contributed by atoms with Gasteiger partial charge in [0.25, 0.3) is 0 Å². The van der Waals surface area contributed by atoms with Gasteiger partial charge in [-0.2, -0.15) is 0 Å². The quantitative estimate of drug-likeness (QED) is 0.287. The van der Waals surface area contributed by atoms with Crippen LogP contribution in [0.5, 0.6) is 0 Å². The first-order chi connectivity index (χ1) is 14.8. The van der Waals surface area contributed by atoms with Gasteiger partial charge in [-0.05, 0) is 32.6 Å². The molecule has 0 saturated carbocycles. The first-order valence-electron chi connectivity index (χ1n) is 11.6. The van der Waals surface area contributed by atoms with E-state index < -0.39 is 22.6 Å². The standard InChI is InChI=1S/C22H36BrN3O4S/c1-4-9-13(2)25-20(29)18-22-12-14(23)17(31-22)15(19(28)24-3)16(22)21(30)26(18)10-7-5-6-8-11-27/h13-18,27H,4-12H2,1-3H3,(H,24,28)(H,25,29)/t13?,14?,15-,16-,17-,18?,22?/m0/s1. The highest BCUT2D eigenvalue weighted by atomic mass is 79.9. The van der Waals surface area contributed by atoms with Crippen LogP contribution in [0.1, 0.15) is 58.8 Å². The van der Waals surface area contributed by atoms with Crippen molar-refractivity contribution in [3.8, 4) is 0 Å². The molecule has 2 bridgehead atoms. The third-order valence-corrected chi connectivity index (χ3v) is 10.2. The molecule has 0 aliphatic carbocycles. The normalized spacial score (nSPS) is 34.7. The van der Waals surface area contributed by atoms with Gasteiger partial charge in [0.1, 0.15) is 6.04 Å². The third-order valence-electron chi connectivity index (χ3n) is 7.00. The number of fused-ring (bicyclic) bond motifs is 1. The zero-order valence-electron chi connectivity index (χ0n) is 18.7. The van der Waals surface area contributed by atoms with Crippen molar-refractivity contribution in [1.82, 2.24) is 15.5 Å². The number of carbonyl (C=O) groups is 3. The van der Waals surface area contributed by atoms with Gasteiger partial charge in [0.2, 0.25) is 17.7 Å². The molecule has 9 heteroatoms. The molecule has 7 nitrogen and oxygen atoms in total. The number of unbranched alkanes of at least 4 members (excludes halogenated alkanes) is 3. The summed E-state index contributed by atoms with van der Waals surface area (Å²) in [5.74, 6) is -1.11. The van der Waals surface area contributed by atoms with Crippen LogP contribution in [0.2, 0.25) is 0 Å². The zero-order valence-corrected chi connectivity index (χ0v) is 21.1. The van der Waals surface area contributed by atoms with Crippen LogP contribution < -0.4 is 10.6 Å². The monoisotopic (exact) mass is 517 g/mol. The number of likely N-dealkylation sites (tertiary alicyclic amines) is 1. The molecule has 4 unspecified atom stereocenters. The Labute approximate surface area is 198 Å². The molecule has 0 radical (unpaired) electrons. The average Bonchev–Trinajstić information content (AvgIpc) is 3.31. The maximum Gasteiger partial charge on any atom is 0.244 e. The summed E-state index contributed by atoms with van der Waals surface area (Å²) in [5.41, 5.74) is 0. The van der Waals surface area contributed by atoms with Gasteiger partial charge < -0.3 is 20.6 Å². The summed E-state index contributed by atoms with van der Waals surface area (Å²) in [5, 5.41) is 14.9. The summed E-state index contributed by atoms with van der Waals surface area (Å²) in [6, 6.07) is -0.501. The van der Waals surface area contributed by atoms with E-state index in [2.05, 4.69) is 33.5 Å². The van der Waals surface area contributed by atoms with Crippen LogP contribution in [0.25, 0.3) is 0 Å². The lowest BCUT2D eigenvalue weighted by atomic mass is 9.70. The first kappa shape index (κ1) is 24.8. The molecule has 3 rings (SSSR count). The molecule has 3 fully saturated rings. The highest BCUT2D eigenvalue weighted by Crippen LogP contribution is 2.67. The molecule has 1 spiro atoms. The number of hydrogen-bond acceptors (Lipinski definition) is 5. The molecule has 176 valence electrons. The SMILES string of the molecule is CCCC(C)NC(=O)C1N(CCCCCCO)C(=O)[C@@H]2[C@H](C(=O)NC)[C@H]3SC12CC3Br. The van der Waals surface area contributed by atoms with Crippen molar-refractivity contribution in [3.63, 3.8) is 0 Å². The van der Waals surface area contributed by atoms with Gasteiger partial charge in [0, 0.05) is 36.3 Å². The van der Waals surface area contributed by atoms with Crippen molar-refractivity contribution in [1.29, 1.82) is 0 Å². The number of carbonyl (C=O) groups excluding carboxylic acids is 3. The Morgan fingerprint density at radius 3 is 2.65 bits per heavy atom. The van der Waals surface area contributed by atoms with E-state index in [4.69, 9.17) is 5.11 Å². The van der Waals surface area contributed by atoms with Crippen molar-refractivity contribution >= 4 is 45.4 Å². The van der Waals surface area contributed by atoms with Gasteiger partial charge in [0.05, 0.1) is 16.6 Å². The molecule has 3 aliphatic rings. The molecule has 31 heavy (non-hydrogen) atoms. The second-order valence-corrected chi connectivity index (χ2v) is 11.9. The number of amides is 3. The van der Waals surface area contributed by atoms with Gasteiger partial charge in [0.15, 0.2) is 0 Å². The molecule has 3 N–H and O–H groups in total. The molecule has 3 heterocycles. The van der Waals surface area contributed by atoms with Gasteiger partial charge in [-0.25, -0.2) is 0 Å². The molecule has 0 aromatic carbocycles. The smallest absolute Gasteiger partial charge is 0.244 e. The zero-order chi connectivity index (χ0) is 22.8. The number of thioether (sulfide) groups is 1. The van der Waals surface area contributed by atoms with E-state index in [-0.39, 0.29) is 40.4 Å². The summed E-state index contributed by atoms with van der Waals surface area (Å²) >= 11 is 5.43. The Bertz CT molecular complexity index is 696. The van der Waals surface area contributed by atoms with Crippen LogP contribution in [0.3, 0.4) is 0 Å². The lowest BCUT2D eigenvalue weighted by molar-refractivity contribution is -0.140. The molecule has 3 amide bonds. The van der Waals surface area contributed by atoms with E-state index in [0.717, 1.165) is 38.5 Å². The number of halogens is 1. The van der Waals surface area contributed by atoms with Crippen molar-refractivity contribution in [2.75, 3.05) is 20.2 Å². The maximum absolute atomic E-state index is 13.7. The largest absolute Gasteiger partial charge is 0.396 e. The second kappa shape index (κ2) is 10.4. The van der Waals surface area contributed by atoms with Crippen molar-refractivity contribution in [2.45, 2.75) is 85.7 Å². The number of alkyl halides is 1. The van der Waals surface area contributed by atoms with Gasteiger partial charge in [-0.3, -0.25) is 14.4 Å². The van der Waals surface area contributed by atoms with Gasteiger partial charge >= 0.3 is 0 Å². The fraction of sp³-hybridized carbons (Fsp3) is 0.864. The summed E-state index contributed by atoms with van der Waals surface area (Å²) < 4.78 is -0.561. The number of rotatable bonds is 11. The highest BCUT2D eigenvalue weighted by Gasteiger charge is 2.75. The number of aliphatic hydroxyl groups is 1. The van der Waals surface area contributed by atoms with Crippen LogP contribution in [0.15, 0.2) is 0 Å². The second-order valence-electron chi connectivity index (χ2n) is 9.15. The van der Waals surface area contributed by atoms with E-state index in [1.807, 2.05) is 6.92 Å². The maximum atomic E-state index is 13.7. The number of aliphatic hydroxyl groups excluding tert-OH is 1. The Balaban J connectivity index is 1.88. The number of nitrogens with one attached hydrogen (secondary N) is 2. The Hall–Kier alpha value is -0.800. The number of nitrogens with zero attached hydrogens (tertiary/aromatic N) is 1. The van der Waals surface area contributed by atoms with E-state index in [9.17, 15) is 14.4 Å². The predicted octanol–water partition coefficient (Wildman–Crippen LogP) is 2.05. The summed E-state index contributed by atoms with van der Waals surface area (Å²) in [6.45, 7) is 4.79. The van der Waals surface area contributed by atoms with Crippen LogP contribution in [-0.2, 0) is 14.4 Å². The third kappa shape index (κ3) is 4.51. The molecule has 0 aromatic heterocycles. The fourth-order valence-corrected chi connectivity index (χ4v) is 9.32. The lowest BCUT2D eigenvalue weighted by Crippen LogP contribution is -2.56. The minimum Gasteiger partial charge on any atom is -0.396 e. The minimum atomic E-state index is -0.561. The Kier molecular flexibility index (Phi) is 8.35. The summed E-state index contributed by atoms with van der Waals surface area (Å²) in [6.07, 6.45) is 5.93. The molecule has 3 saturated heterocycles. The summed E-state index contributed by atoms with van der Waals surface area (Å²) in [4.78, 5) is 41.8. The van der Waals surface area contributed by atoms with Gasteiger partial charge in [-0.1, -0.05) is 42.1 Å². The molecule has 7 atom stereocenters. The van der Waals surface area contributed by atoms with Crippen LogP contribution in [0.4, 0.5) is 0 Å². The van der Waals surface area contributed by atoms with Crippen LogP contribution >= 0.6 is 27.7 Å². The molecule has 3 aliphatic heterocycles. The number of hydrogen-bond donors (Lipinski definition) is 3. The highest BCUT2D eigenvalue weighted by molar-refractivity contribution is 9.09. The lowest BCUT2D eigenvalue weighted by Gasteiger charge is -2.35. The van der Waals surface area contributed by atoms with Gasteiger partial charge in [-0.15, -0.1) is 11.8 Å². The predicted molar refractivity (Wildman–Crippen MR) is 126 cm³/mol. The fourth-order valence-electron chi connectivity index (χ4n) is 5.71. The average molecular weight is 519 g/mol. The topological polar surface area (TPSA) is 98.7 Å². The van der Waals surface area contributed by atoms with E-state index in [0.29, 0.717) is 13.0 Å². The van der Waals surface area contributed by atoms with E-state index >= 15 is 0 Å². The Morgan fingerprint density at radius 1 is 1.29 bits per heavy atom. The summed E-state index contributed by atoms with van der Waals surface area (Å²) in [7, 11) is 1.61. The van der Waals surface area contributed by atoms with Crippen molar-refractivity contribution in [2.24, 2.45) is 11.8 Å². The van der Waals surface area contributed by atoms with E-state index in [1.54, 1.807) is 23.7 Å². The molecular weight excluding hydrogens is 482 g/mol. The van der Waals surface area contributed by atoms with E-state index in [1.165, 1.54) is 0 Å². The molecule has 0 aromatic rings.